The largest absolute Gasteiger partial charge is 0.361 e. The van der Waals surface area contributed by atoms with E-state index in [2.05, 4.69) is 64.9 Å². The van der Waals surface area contributed by atoms with Crippen molar-refractivity contribution in [3.05, 3.63) is 71.9 Å². The van der Waals surface area contributed by atoms with E-state index in [0.717, 1.165) is 13.0 Å². The van der Waals surface area contributed by atoms with Gasteiger partial charge in [0.05, 0.1) is 0 Å². The van der Waals surface area contributed by atoms with E-state index in [1.807, 2.05) is 13.2 Å². The second-order valence-electron chi connectivity index (χ2n) is 5.14. The Morgan fingerprint density at radius 1 is 1.00 bits per heavy atom. The lowest BCUT2D eigenvalue weighted by molar-refractivity contribution is 0.664. The van der Waals surface area contributed by atoms with Crippen LogP contribution < -0.4 is 5.32 Å². The Bertz CT molecular complexity index is 670. The first-order valence-electron chi connectivity index (χ1n) is 7.15. The van der Waals surface area contributed by atoms with Crippen LogP contribution in [0.4, 0.5) is 0 Å². The Labute approximate surface area is 119 Å². The third kappa shape index (κ3) is 2.47. The number of para-hydroxylation sites is 1. The molecule has 3 aromatic rings. The zero-order chi connectivity index (χ0) is 13.8. The zero-order valence-corrected chi connectivity index (χ0v) is 11.8. The molecule has 2 N–H and O–H groups in total. The summed E-state index contributed by atoms with van der Waals surface area (Å²) in [6.07, 6.45) is 3.12. The minimum atomic E-state index is 0.422. The predicted octanol–water partition coefficient (Wildman–Crippen LogP) is 3.91. The standard InChI is InChI=1S/C18H20N2/c1-19-12-11-16(14-6-3-2-4-7-14)17-9-5-8-15-10-13-20-18(15)17/h2-10,13,16,19-20H,11-12H2,1H3/t16-/m1/s1. The molecule has 0 radical (unpaired) electrons. The van der Waals surface area contributed by atoms with Gasteiger partial charge in [-0.3, -0.25) is 0 Å². The number of fused-ring (bicyclic) bond motifs is 1. The van der Waals surface area contributed by atoms with E-state index in [-0.39, 0.29) is 0 Å². The van der Waals surface area contributed by atoms with Crippen LogP contribution in [-0.4, -0.2) is 18.6 Å². The molecule has 0 aliphatic carbocycles. The lowest BCUT2D eigenvalue weighted by atomic mass is 9.87. The molecule has 1 heterocycles. The molecule has 0 spiro atoms. The second-order valence-corrected chi connectivity index (χ2v) is 5.14. The fraction of sp³-hybridized carbons (Fsp3) is 0.222. The summed E-state index contributed by atoms with van der Waals surface area (Å²) in [4.78, 5) is 3.39. The van der Waals surface area contributed by atoms with Gasteiger partial charge in [-0.25, -0.2) is 0 Å². The molecule has 1 aromatic heterocycles. The first-order chi connectivity index (χ1) is 9.90. The summed E-state index contributed by atoms with van der Waals surface area (Å²) in [5.41, 5.74) is 4.02. The van der Waals surface area contributed by atoms with Gasteiger partial charge in [0.2, 0.25) is 0 Å². The molecule has 2 nitrogen and oxygen atoms in total. The summed E-state index contributed by atoms with van der Waals surface area (Å²) in [7, 11) is 2.01. The van der Waals surface area contributed by atoms with E-state index in [4.69, 9.17) is 0 Å². The first kappa shape index (κ1) is 12.9. The van der Waals surface area contributed by atoms with Crippen molar-refractivity contribution >= 4 is 10.9 Å². The highest BCUT2D eigenvalue weighted by molar-refractivity contribution is 5.83. The third-order valence-corrected chi connectivity index (χ3v) is 3.88. The Kier molecular flexibility index (Phi) is 3.84. The number of nitrogens with one attached hydrogen (secondary N) is 2. The highest BCUT2D eigenvalue weighted by atomic mass is 14.8. The Hall–Kier alpha value is -2.06. The Morgan fingerprint density at radius 3 is 2.65 bits per heavy atom. The number of H-pyrrole nitrogens is 1. The number of aromatic amines is 1. The fourth-order valence-corrected chi connectivity index (χ4v) is 2.88. The van der Waals surface area contributed by atoms with E-state index >= 15 is 0 Å². The average molecular weight is 264 g/mol. The highest BCUT2D eigenvalue weighted by Gasteiger charge is 2.16. The number of benzene rings is 2. The van der Waals surface area contributed by atoms with Crippen LogP contribution in [0, 0.1) is 0 Å². The Balaban J connectivity index is 2.07. The van der Waals surface area contributed by atoms with Gasteiger partial charge in [-0.05, 0) is 42.6 Å². The molecule has 20 heavy (non-hydrogen) atoms. The first-order valence-corrected chi connectivity index (χ1v) is 7.15. The molecule has 2 aromatic carbocycles. The molecule has 0 bridgehead atoms. The van der Waals surface area contributed by atoms with E-state index in [1.165, 1.54) is 22.0 Å². The summed E-state index contributed by atoms with van der Waals surface area (Å²) in [6, 6.07) is 19.5. The van der Waals surface area contributed by atoms with Gasteiger partial charge in [0.15, 0.2) is 0 Å². The van der Waals surface area contributed by atoms with Gasteiger partial charge < -0.3 is 10.3 Å². The monoisotopic (exact) mass is 264 g/mol. The summed E-state index contributed by atoms with van der Waals surface area (Å²) >= 11 is 0. The topological polar surface area (TPSA) is 27.8 Å². The lowest BCUT2D eigenvalue weighted by Crippen LogP contribution is -2.13. The quantitative estimate of drug-likeness (QED) is 0.718. The fourth-order valence-electron chi connectivity index (χ4n) is 2.88. The van der Waals surface area contributed by atoms with E-state index < -0.39 is 0 Å². The number of hydrogen-bond donors (Lipinski definition) is 2. The van der Waals surface area contributed by atoms with Crippen molar-refractivity contribution in [3.8, 4) is 0 Å². The van der Waals surface area contributed by atoms with Gasteiger partial charge in [-0.1, -0.05) is 48.5 Å². The van der Waals surface area contributed by atoms with Gasteiger partial charge in [-0.2, -0.15) is 0 Å². The van der Waals surface area contributed by atoms with E-state index in [9.17, 15) is 0 Å². The molecular weight excluding hydrogens is 244 g/mol. The predicted molar refractivity (Wildman–Crippen MR) is 85.1 cm³/mol. The number of aromatic nitrogens is 1. The average Bonchev–Trinajstić information content (AvgIpc) is 2.98. The molecule has 3 rings (SSSR count). The van der Waals surface area contributed by atoms with Gasteiger partial charge in [-0.15, -0.1) is 0 Å². The van der Waals surface area contributed by atoms with Gasteiger partial charge in [0.25, 0.3) is 0 Å². The van der Waals surface area contributed by atoms with E-state index in [0.29, 0.717) is 5.92 Å². The number of hydrogen-bond acceptors (Lipinski definition) is 1. The molecule has 0 amide bonds. The minimum Gasteiger partial charge on any atom is -0.361 e. The van der Waals surface area contributed by atoms with Crippen LogP contribution in [0.25, 0.3) is 10.9 Å². The third-order valence-electron chi connectivity index (χ3n) is 3.88. The van der Waals surface area contributed by atoms with Crippen molar-refractivity contribution in [2.45, 2.75) is 12.3 Å². The van der Waals surface area contributed by atoms with Crippen molar-refractivity contribution in [2.24, 2.45) is 0 Å². The molecule has 0 fully saturated rings. The molecule has 0 aliphatic heterocycles. The highest BCUT2D eigenvalue weighted by Crippen LogP contribution is 2.32. The SMILES string of the molecule is CNCC[C@H](c1ccccc1)c1cccc2cc[nH]c12. The number of rotatable bonds is 5. The van der Waals surface area contributed by atoms with Crippen LogP contribution in [0.2, 0.25) is 0 Å². The molecule has 0 unspecified atom stereocenters. The minimum absolute atomic E-state index is 0.422. The van der Waals surface area contributed by atoms with Gasteiger partial charge in [0, 0.05) is 17.6 Å². The summed E-state index contributed by atoms with van der Waals surface area (Å²) in [5.74, 6) is 0.422. The van der Waals surface area contributed by atoms with Gasteiger partial charge >= 0.3 is 0 Å². The maximum Gasteiger partial charge on any atom is 0.0492 e. The van der Waals surface area contributed by atoms with Crippen molar-refractivity contribution in [1.82, 2.24) is 10.3 Å². The zero-order valence-electron chi connectivity index (χ0n) is 11.8. The van der Waals surface area contributed by atoms with Crippen molar-refractivity contribution in [3.63, 3.8) is 0 Å². The summed E-state index contributed by atoms with van der Waals surface area (Å²) in [5, 5.41) is 4.55. The van der Waals surface area contributed by atoms with Crippen molar-refractivity contribution in [1.29, 1.82) is 0 Å². The molecule has 0 saturated heterocycles. The van der Waals surface area contributed by atoms with Crippen molar-refractivity contribution < 1.29 is 0 Å². The smallest absolute Gasteiger partial charge is 0.0492 e. The Morgan fingerprint density at radius 2 is 1.85 bits per heavy atom. The maximum absolute atomic E-state index is 3.39. The molecule has 1 atom stereocenters. The lowest BCUT2D eigenvalue weighted by Gasteiger charge is -2.19. The van der Waals surface area contributed by atoms with Crippen LogP contribution >= 0.6 is 0 Å². The van der Waals surface area contributed by atoms with Gasteiger partial charge in [0.1, 0.15) is 0 Å². The molecule has 0 aliphatic rings. The molecule has 0 saturated carbocycles. The summed E-state index contributed by atoms with van der Waals surface area (Å²) < 4.78 is 0. The van der Waals surface area contributed by atoms with Crippen LogP contribution in [0.3, 0.4) is 0 Å². The maximum atomic E-state index is 3.39. The molecule has 2 heteroatoms. The van der Waals surface area contributed by atoms with Crippen molar-refractivity contribution in [2.75, 3.05) is 13.6 Å². The molecule has 102 valence electrons. The normalized spacial score (nSPS) is 12.7. The van der Waals surface area contributed by atoms with Crippen LogP contribution in [0.5, 0.6) is 0 Å². The second kappa shape index (κ2) is 5.93. The van der Waals surface area contributed by atoms with Crippen LogP contribution in [0.15, 0.2) is 60.8 Å². The van der Waals surface area contributed by atoms with Crippen LogP contribution in [-0.2, 0) is 0 Å². The van der Waals surface area contributed by atoms with Crippen LogP contribution in [0.1, 0.15) is 23.5 Å². The molecular formula is C18H20N2. The summed E-state index contributed by atoms with van der Waals surface area (Å²) in [6.45, 7) is 1.01. The van der Waals surface area contributed by atoms with E-state index in [1.54, 1.807) is 0 Å².